The molecule has 0 saturated carbocycles. The molecule has 5 nitrogen and oxygen atoms in total. The van der Waals surface area contributed by atoms with E-state index in [1.54, 1.807) is 31.6 Å². The van der Waals surface area contributed by atoms with Gasteiger partial charge in [-0.2, -0.15) is 0 Å². The molecule has 0 spiro atoms. The Balaban J connectivity index is 1.72. The molecular weight excluding hydrogens is 540 g/mol. The van der Waals surface area contributed by atoms with Crippen LogP contribution >= 0.6 is 22.9 Å². The summed E-state index contributed by atoms with van der Waals surface area (Å²) >= 11 is 7.86. The van der Waals surface area contributed by atoms with Crippen molar-refractivity contribution in [3.63, 3.8) is 0 Å². The number of pyridine rings is 1. The molecule has 0 fully saturated rings. The summed E-state index contributed by atoms with van der Waals surface area (Å²) in [6.07, 6.45) is 2.80. The normalized spacial score (nSPS) is 12.5. The Hall–Kier alpha value is -3.58. The van der Waals surface area contributed by atoms with Crippen molar-refractivity contribution >= 4 is 38.9 Å². The van der Waals surface area contributed by atoms with Gasteiger partial charge in [0.1, 0.15) is 16.9 Å². The number of ketones is 1. The van der Waals surface area contributed by atoms with E-state index in [1.165, 1.54) is 0 Å². The van der Waals surface area contributed by atoms with Crippen molar-refractivity contribution in [2.24, 2.45) is 0 Å². The van der Waals surface area contributed by atoms with E-state index < -0.39 is 11.7 Å². The Labute approximate surface area is 243 Å². The van der Waals surface area contributed by atoms with Gasteiger partial charge in [-0.25, -0.2) is 4.98 Å². The predicted octanol–water partition coefficient (Wildman–Crippen LogP) is 9.11. The maximum Gasteiger partial charge on any atom is 0.163 e. The van der Waals surface area contributed by atoms with E-state index in [9.17, 15) is 4.79 Å². The fourth-order valence-corrected chi connectivity index (χ4v) is 6.04. The molecule has 2 heterocycles. The van der Waals surface area contributed by atoms with Crippen molar-refractivity contribution in [3.8, 4) is 38.6 Å². The van der Waals surface area contributed by atoms with E-state index in [2.05, 4.69) is 29.2 Å². The maximum atomic E-state index is 13.0. The fourth-order valence-electron chi connectivity index (χ4n) is 4.79. The smallest absolute Gasteiger partial charge is 0.163 e. The highest BCUT2D eigenvalue weighted by molar-refractivity contribution is 7.22. The summed E-state index contributed by atoms with van der Waals surface area (Å²) in [5.41, 5.74) is 7.08. The van der Waals surface area contributed by atoms with Crippen LogP contribution < -0.4 is 4.74 Å². The highest BCUT2D eigenvalue weighted by atomic mass is 35.5. The Bertz CT molecular complexity index is 1700. The first kappa shape index (κ1) is 28.0. The number of carbonyl (C=O) groups excluding carboxylic acids is 1. The average Bonchev–Trinajstić information content (AvgIpc) is 3.35. The molecule has 0 aliphatic rings. The van der Waals surface area contributed by atoms with Gasteiger partial charge in [0.05, 0.1) is 29.1 Å². The zero-order valence-electron chi connectivity index (χ0n) is 23.4. The van der Waals surface area contributed by atoms with Crippen molar-refractivity contribution in [2.75, 3.05) is 7.11 Å². The van der Waals surface area contributed by atoms with E-state index in [4.69, 9.17) is 26.1 Å². The van der Waals surface area contributed by atoms with Crippen LogP contribution in [-0.2, 0) is 9.53 Å². The quantitative estimate of drug-likeness (QED) is 0.195. The fraction of sp³-hybridized carbons (Fsp3) is 0.242. The van der Waals surface area contributed by atoms with Gasteiger partial charge in [0.2, 0.25) is 0 Å². The van der Waals surface area contributed by atoms with Crippen LogP contribution in [0, 0.1) is 6.92 Å². The number of thiazole rings is 1. The van der Waals surface area contributed by atoms with Gasteiger partial charge < -0.3 is 9.47 Å². The predicted molar refractivity (Wildman–Crippen MR) is 164 cm³/mol. The Morgan fingerprint density at radius 2 is 1.68 bits per heavy atom. The summed E-state index contributed by atoms with van der Waals surface area (Å²) in [5, 5.41) is 1.53. The lowest BCUT2D eigenvalue weighted by Crippen LogP contribution is -2.27. The number of ether oxygens (including phenoxy) is 2. The minimum absolute atomic E-state index is 0.0445. The number of carbonyl (C=O) groups is 1. The summed E-state index contributed by atoms with van der Waals surface area (Å²) in [4.78, 5) is 22.4. The molecule has 204 valence electrons. The monoisotopic (exact) mass is 570 g/mol. The topological polar surface area (TPSA) is 61.3 Å². The molecule has 0 radical (unpaired) electrons. The van der Waals surface area contributed by atoms with Crippen LogP contribution in [0.1, 0.15) is 44.9 Å². The second-order valence-corrected chi connectivity index (χ2v) is 12.2. The third-order valence-corrected chi connectivity index (χ3v) is 7.94. The molecule has 5 rings (SSSR count). The number of hydrogen-bond acceptors (Lipinski definition) is 6. The van der Waals surface area contributed by atoms with E-state index in [0.717, 1.165) is 54.2 Å². The first-order chi connectivity index (χ1) is 19.0. The summed E-state index contributed by atoms with van der Waals surface area (Å²) < 4.78 is 12.7. The summed E-state index contributed by atoms with van der Waals surface area (Å²) in [6, 6.07) is 20.0. The van der Waals surface area contributed by atoms with Crippen LogP contribution in [0.2, 0.25) is 5.02 Å². The average molecular weight is 571 g/mol. The number of benzene rings is 3. The molecule has 0 amide bonds. The molecule has 1 atom stereocenters. The molecule has 0 aliphatic heterocycles. The largest absolute Gasteiger partial charge is 0.495 e. The zero-order valence-corrected chi connectivity index (χ0v) is 25.0. The second kappa shape index (κ2) is 11.1. The molecule has 5 aromatic rings. The van der Waals surface area contributed by atoms with Crippen LogP contribution in [-0.4, -0.2) is 28.5 Å². The number of methoxy groups -OCH3 is 1. The second-order valence-electron chi connectivity index (χ2n) is 10.8. The molecule has 0 unspecified atom stereocenters. The van der Waals surface area contributed by atoms with E-state index >= 15 is 0 Å². The van der Waals surface area contributed by atoms with Crippen molar-refractivity contribution < 1.29 is 14.3 Å². The Morgan fingerprint density at radius 3 is 2.35 bits per heavy atom. The third kappa shape index (κ3) is 5.80. The number of nitrogens with zero attached hydrogens (tertiary/aromatic N) is 2. The molecule has 3 aromatic carbocycles. The maximum absolute atomic E-state index is 13.0. The Morgan fingerprint density at radius 1 is 0.950 bits per heavy atom. The zero-order chi connectivity index (χ0) is 28.6. The molecule has 0 N–H and O–H groups in total. The van der Waals surface area contributed by atoms with Gasteiger partial charge in [-0.1, -0.05) is 41.9 Å². The van der Waals surface area contributed by atoms with Gasteiger partial charge in [0, 0.05) is 33.5 Å². The summed E-state index contributed by atoms with van der Waals surface area (Å²) in [5.74, 6) is 0.660. The molecule has 2 aromatic heterocycles. The SMILES string of the molecule is COc1cncc(-c2cccc(-c3nc4cc(C)c([C@H](OC(C)(C)C)C(C)=O)c(-c5ccc(Cl)cc5)c4s3)c2)c1. The number of Topliss-reactive ketones (excluding diaryl/α,β-unsaturated/α-hetero) is 1. The van der Waals surface area contributed by atoms with Crippen LogP contribution in [0.25, 0.3) is 43.0 Å². The first-order valence-corrected chi connectivity index (χ1v) is 14.2. The lowest BCUT2D eigenvalue weighted by molar-refractivity contribution is -0.138. The summed E-state index contributed by atoms with van der Waals surface area (Å²) in [7, 11) is 1.63. The van der Waals surface area contributed by atoms with Gasteiger partial charge in [0.15, 0.2) is 5.78 Å². The Kier molecular flexibility index (Phi) is 7.78. The molecule has 0 aliphatic carbocycles. The molecule has 0 saturated heterocycles. The number of halogens is 1. The standard InChI is InChI=1S/C33H31ClN2O3S/c1-19-14-27-31(29(21-10-12-25(34)13-11-21)28(19)30(20(2)37)39-33(3,4)5)40-32(36-27)23-9-7-8-22(15-23)24-16-26(38-6)18-35-17-24/h7-18,30H,1-6H3/t30-/m1/s1. The number of aromatic nitrogens is 2. The number of hydrogen-bond donors (Lipinski definition) is 0. The molecular formula is C33H31ClN2O3S. The number of fused-ring (bicyclic) bond motifs is 1. The highest BCUT2D eigenvalue weighted by Gasteiger charge is 2.30. The van der Waals surface area contributed by atoms with Crippen molar-refractivity contribution in [1.82, 2.24) is 9.97 Å². The van der Waals surface area contributed by atoms with Crippen molar-refractivity contribution in [3.05, 3.63) is 89.2 Å². The minimum Gasteiger partial charge on any atom is -0.495 e. The van der Waals surface area contributed by atoms with Crippen LogP contribution in [0.3, 0.4) is 0 Å². The van der Waals surface area contributed by atoms with Crippen molar-refractivity contribution in [2.45, 2.75) is 46.3 Å². The van der Waals surface area contributed by atoms with E-state index in [1.807, 2.05) is 70.3 Å². The molecule has 7 heteroatoms. The van der Waals surface area contributed by atoms with E-state index in [-0.39, 0.29) is 5.78 Å². The molecule has 40 heavy (non-hydrogen) atoms. The number of aryl methyl sites for hydroxylation is 1. The lowest BCUT2D eigenvalue weighted by atomic mass is 9.90. The minimum atomic E-state index is -0.718. The van der Waals surface area contributed by atoms with Crippen LogP contribution in [0.5, 0.6) is 5.75 Å². The van der Waals surface area contributed by atoms with E-state index in [0.29, 0.717) is 10.8 Å². The van der Waals surface area contributed by atoms with Gasteiger partial charge in [-0.3, -0.25) is 9.78 Å². The lowest BCUT2D eigenvalue weighted by Gasteiger charge is -2.29. The summed E-state index contributed by atoms with van der Waals surface area (Å²) in [6.45, 7) is 9.51. The van der Waals surface area contributed by atoms with Gasteiger partial charge in [0.25, 0.3) is 0 Å². The highest BCUT2D eigenvalue weighted by Crippen LogP contribution is 2.44. The van der Waals surface area contributed by atoms with Crippen molar-refractivity contribution in [1.29, 1.82) is 0 Å². The third-order valence-electron chi connectivity index (χ3n) is 6.56. The first-order valence-electron chi connectivity index (χ1n) is 13.0. The van der Waals surface area contributed by atoms with Crippen LogP contribution in [0.4, 0.5) is 0 Å². The number of rotatable bonds is 7. The molecule has 0 bridgehead atoms. The van der Waals surface area contributed by atoms with Crippen LogP contribution in [0.15, 0.2) is 73.1 Å². The van der Waals surface area contributed by atoms with Gasteiger partial charge in [-0.05, 0) is 81.6 Å². The van der Waals surface area contributed by atoms with Gasteiger partial charge in [-0.15, -0.1) is 11.3 Å². The van der Waals surface area contributed by atoms with Gasteiger partial charge >= 0.3 is 0 Å².